The van der Waals surface area contributed by atoms with Crippen LogP contribution in [0.3, 0.4) is 0 Å². The summed E-state index contributed by atoms with van der Waals surface area (Å²) in [6, 6.07) is 4.60. The predicted molar refractivity (Wildman–Crippen MR) is 86.3 cm³/mol. The zero-order chi connectivity index (χ0) is 16.7. The molecule has 0 bridgehead atoms. The Labute approximate surface area is 137 Å². The number of thioether (sulfide) groups is 1. The summed E-state index contributed by atoms with van der Waals surface area (Å²) in [6.45, 7) is 2.84. The summed E-state index contributed by atoms with van der Waals surface area (Å²) in [5.74, 6) is 0.230. The van der Waals surface area contributed by atoms with Crippen LogP contribution in [0.25, 0.3) is 0 Å². The number of unbranched alkanes of at least 4 members (excludes halogenated alkanes) is 1. The van der Waals surface area contributed by atoms with Gasteiger partial charge in [0.15, 0.2) is 5.16 Å². The van der Waals surface area contributed by atoms with Crippen molar-refractivity contribution in [1.29, 1.82) is 0 Å². The Morgan fingerprint density at radius 3 is 3.04 bits per heavy atom. The Bertz CT molecular complexity index is 697. The maximum atomic E-state index is 11.9. The number of hydrogen-bond acceptors (Lipinski definition) is 6. The van der Waals surface area contributed by atoms with E-state index in [9.17, 15) is 14.7 Å². The topological polar surface area (TPSA) is 97.4 Å². The number of carbonyl (C=O) groups excluding carboxylic acids is 1. The van der Waals surface area contributed by atoms with Gasteiger partial charge in [0.1, 0.15) is 5.76 Å². The average Bonchev–Trinajstić information content (AvgIpc) is 3.03. The Hall–Kier alpha value is -2.22. The van der Waals surface area contributed by atoms with Crippen molar-refractivity contribution in [2.24, 2.45) is 0 Å². The van der Waals surface area contributed by atoms with Crippen molar-refractivity contribution in [2.75, 3.05) is 5.75 Å². The average molecular weight is 337 g/mol. The summed E-state index contributed by atoms with van der Waals surface area (Å²) >= 11 is 1.12. The molecule has 2 N–H and O–H groups in total. The first-order valence-electron chi connectivity index (χ1n) is 7.33. The number of hydrogen-bond donors (Lipinski definition) is 2. The summed E-state index contributed by atoms with van der Waals surface area (Å²) in [4.78, 5) is 27.7. The van der Waals surface area contributed by atoms with Crippen LogP contribution in [0, 0.1) is 0 Å². The lowest BCUT2D eigenvalue weighted by atomic mass is 10.3. The predicted octanol–water partition coefficient (Wildman–Crippen LogP) is 1.75. The molecule has 124 valence electrons. The van der Waals surface area contributed by atoms with Gasteiger partial charge in [-0.25, -0.2) is 0 Å². The van der Waals surface area contributed by atoms with Crippen LogP contribution in [0.15, 0.2) is 38.8 Å². The van der Waals surface area contributed by atoms with Gasteiger partial charge in [-0.3, -0.25) is 14.2 Å². The number of aromatic nitrogens is 2. The van der Waals surface area contributed by atoms with Crippen molar-refractivity contribution in [3.63, 3.8) is 0 Å². The van der Waals surface area contributed by atoms with Gasteiger partial charge in [-0.2, -0.15) is 4.98 Å². The molecule has 0 spiro atoms. The van der Waals surface area contributed by atoms with Gasteiger partial charge in [-0.15, -0.1) is 0 Å². The second-order valence-corrected chi connectivity index (χ2v) is 5.83. The zero-order valence-electron chi connectivity index (χ0n) is 12.8. The molecular weight excluding hydrogens is 318 g/mol. The van der Waals surface area contributed by atoms with Gasteiger partial charge in [0.25, 0.3) is 5.56 Å². The van der Waals surface area contributed by atoms with Gasteiger partial charge >= 0.3 is 0 Å². The van der Waals surface area contributed by atoms with E-state index in [0.717, 1.165) is 30.7 Å². The first-order valence-corrected chi connectivity index (χ1v) is 8.31. The van der Waals surface area contributed by atoms with E-state index in [4.69, 9.17) is 4.42 Å². The molecule has 1 amide bonds. The summed E-state index contributed by atoms with van der Waals surface area (Å²) in [5.41, 5.74) is -0.315. The number of carbonyl (C=O) groups is 1. The standard InChI is InChI=1S/C15H19N3O4S/c1-2-3-6-18-14(21)8-12(19)17-15(18)23-10-13(20)16-9-11-5-4-7-22-11/h4-5,7-8,19H,2-3,6,9-10H2,1H3,(H,16,20). The van der Waals surface area contributed by atoms with Crippen molar-refractivity contribution in [1.82, 2.24) is 14.9 Å². The van der Waals surface area contributed by atoms with E-state index in [1.54, 1.807) is 18.4 Å². The lowest BCUT2D eigenvalue weighted by Crippen LogP contribution is -2.26. The second-order valence-electron chi connectivity index (χ2n) is 4.89. The van der Waals surface area contributed by atoms with Gasteiger partial charge in [-0.05, 0) is 18.6 Å². The van der Waals surface area contributed by atoms with Crippen molar-refractivity contribution >= 4 is 17.7 Å². The molecule has 0 radical (unpaired) electrons. The molecule has 2 heterocycles. The van der Waals surface area contributed by atoms with Crippen LogP contribution < -0.4 is 10.9 Å². The fourth-order valence-electron chi connectivity index (χ4n) is 1.89. The molecule has 0 atom stereocenters. The largest absolute Gasteiger partial charge is 0.493 e. The molecule has 0 saturated carbocycles. The molecular formula is C15H19N3O4S. The molecule has 2 rings (SSSR count). The number of nitrogens with one attached hydrogen (secondary N) is 1. The quantitative estimate of drug-likeness (QED) is 0.563. The first kappa shape index (κ1) is 17.1. The molecule has 7 nitrogen and oxygen atoms in total. The number of aromatic hydroxyl groups is 1. The Balaban J connectivity index is 1.95. The summed E-state index contributed by atoms with van der Waals surface area (Å²) < 4.78 is 6.61. The molecule has 0 aliphatic rings. The maximum Gasteiger partial charge on any atom is 0.257 e. The smallest absolute Gasteiger partial charge is 0.257 e. The van der Waals surface area contributed by atoms with E-state index in [0.29, 0.717) is 24.0 Å². The van der Waals surface area contributed by atoms with E-state index in [1.165, 1.54) is 4.57 Å². The highest BCUT2D eigenvalue weighted by atomic mass is 32.2. The summed E-state index contributed by atoms with van der Waals surface area (Å²) in [5, 5.41) is 12.5. The molecule has 0 unspecified atom stereocenters. The highest BCUT2D eigenvalue weighted by Gasteiger charge is 2.11. The number of furan rings is 1. The maximum absolute atomic E-state index is 11.9. The fourth-order valence-corrected chi connectivity index (χ4v) is 2.74. The Morgan fingerprint density at radius 1 is 1.52 bits per heavy atom. The van der Waals surface area contributed by atoms with Gasteiger partial charge in [-0.1, -0.05) is 25.1 Å². The molecule has 0 fully saturated rings. The van der Waals surface area contributed by atoms with E-state index < -0.39 is 0 Å². The van der Waals surface area contributed by atoms with Gasteiger partial charge in [0, 0.05) is 6.54 Å². The van der Waals surface area contributed by atoms with E-state index >= 15 is 0 Å². The summed E-state index contributed by atoms with van der Waals surface area (Å²) in [7, 11) is 0. The van der Waals surface area contributed by atoms with Crippen LogP contribution in [0.4, 0.5) is 0 Å². The normalized spacial score (nSPS) is 10.7. The Kier molecular flexibility index (Phi) is 6.28. The SMILES string of the molecule is CCCCn1c(SCC(=O)NCc2ccco2)nc(O)cc1=O. The third-order valence-corrected chi connectivity index (χ3v) is 4.04. The number of rotatable bonds is 8. The third-order valence-electron chi connectivity index (χ3n) is 3.07. The highest BCUT2D eigenvalue weighted by Crippen LogP contribution is 2.17. The first-order chi connectivity index (χ1) is 11.1. The molecule has 0 aliphatic heterocycles. The van der Waals surface area contributed by atoms with Crippen molar-refractivity contribution in [3.8, 4) is 5.88 Å². The van der Waals surface area contributed by atoms with Gasteiger partial charge in [0.2, 0.25) is 11.8 Å². The van der Waals surface area contributed by atoms with E-state index in [2.05, 4.69) is 10.3 Å². The van der Waals surface area contributed by atoms with Crippen molar-refractivity contribution in [2.45, 2.75) is 38.0 Å². The van der Waals surface area contributed by atoms with Crippen molar-refractivity contribution in [3.05, 3.63) is 40.6 Å². The van der Waals surface area contributed by atoms with Gasteiger partial charge < -0.3 is 14.8 Å². The van der Waals surface area contributed by atoms with E-state index in [1.807, 2.05) is 6.92 Å². The van der Waals surface area contributed by atoms with Gasteiger partial charge in [0.05, 0.1) is 24.6 Å². The molecule has 0 saturated heterocycles. The van der Waals surface area contributed by atoms with Crippen molar-refractivity contribution < 1.29 is 14.3 Å². The summed E-state index contributed by atoms with van der Waals surface area (Å²) in [6.07, 6.45) is 3.30. The van der Waals surface area contributed by atoms with Crippen LogP contribution in [-0.4, -0.2) is 26.3 Å². The monoisotopic (exact) mass is 337 g/mol. The number of amides is 1. The number of nitrogens with zero attached hydrogens (tertiary/aromatic N) is 2. The highest BCUT2D eigenvalue weighted by molar-refractivity contribution is 7.99. The lowest BCUT2D eigenvalue weighted by Gasteiger charge is -2.11. The fraction of sp³-hybridized carbons (Fsp3) is 0.400. The third kappa shape index (κ3) is 5.17. The molecule has 2 aromatic heterocycles. The molecule has 23 heavy (non-hydrogen) atoms. The van der Waals surface area contributed by atoms with Crippen LogP contribution in [0.1, 0.15) is 25.5 Å². The van der Waals surface area contributed by atoms with E-state index in [-0.39, 0.29) is 23.1 Å². The van der Waals surface area contributed by atoms with Crippen LogP contribution in [0.2, 0.25) is 0 Å². The molecule has 8 heteroatoms. The minimum absolute atomic E-state index is 0.0999. The van der Waals surface area contributed by atoms with Crippen LogP contribution in [-0.2, 0) is 17.9 Å². The zero-order valence-corrected chi connectivity index (χ0v) is 13.6. The minimum Gasteiger partial charge on any atom is -0.493 e. The van der Waals surface area contributed by atoms with Crippen LogP contribution >= 0.6 is 11.8 Å². The Morgan fingerprint density at radius 2 is 2.35 bits per heavy atom. The van der Waals surface area contributed by atoms with Crippen LogP contribution in [0.5, 0.6) is 5.88 Å². The molecule has 0 aromatic carbocycles. The molecule has 2 aromatic rings. The minimum atomic E-state index is -0.332. The molecule has 0 aliphatic carbocycles. The lowest BCUT2D eigenvalue weighted by molar-refractivity contribution is -0.118. The second kappa shape index (κ2) is 8.42.